The Balaban J connectivity index is 1.90. The lowest BCUT2D eigenvalue weighted by Gasteiger charge is -2.06. The number of carbonyl (C=O) groups excluding carboxylic acids is 1. The first kappa shape index (κ1) is 16.9. The molecule has 0 saturated heterocycles. The Morgan fingerprint density at radius 1 is 0.962 bits per heavy atom. The van der Waals surface area contributed by atoms with Crippen LogP contribution in [0.1, 0.15) is 20.7 Å². The van der Waals surface area contributed by atoms with Crippen LogP contribution >= 0.6 is 0 Å². The van der Waals surface area contributed by atoms with Gasteiger partial charge in [0, 0.05) is 5.56 Å². The Morgan fingerprint density at radius 2 is 1.65 bits per heavy atom. The van der Waals surface area contributed by atoms with E-state index in [-0.39, 0.29) is 17.0 Å². The van der Waals surface area contributed by atoms with E-state index in [1.54, 1.807) is 36.4 Å². The summed E-state index contributed by atoms with van der Waals surface area (Å²) in [5.41, 5.74) is 2.65. The number of hydrogen-bond donors (Lipinski definition) is 2. The summed E-state index contributed by atoms with van der Waals surface area (Å²) in [6, 6.07) is 20.5. The molecule has 0 heterocycles. The summed E-state index contributed by atoms with van der Waals surface area (Å²) in [5.74, 6) is -1.68. The van der Waals surface area contributed by atoms with Gasteiger partial charge in [0.25, 0.3) is 0 Å². The number of para-hydroxylation sites is 1. The molecule has 0 bridgehead atoms. The van der Waals surface area contributed by atoms with Crippen molar-refractivity contribution in [2.24, 2.45) is 5.10 Å². The first-order valence-corrected chi connectivity index (χ1v) is 7.70. The van der Waals surface area contributed by atoms with E-state index in [9.17, 15) is 14.9 Å². The van der Waals surface area contributed by atoms with Gasteiger partial charge in [-0.25, -0.2) is 4.79 Å². The van der Waals surface area contributed by atoms with Crippen LogP contribution in [-0.2, 0) is 0 Å². The van der Waals surface area contributed by atoms with Crippen molar-refractivity contribution in [3.8, 4) is 6.07 Å². The maximum atomic E-state index is 12.6. The van der Waals surface area contributed by atoms with Gasteiger partial charge in [-0.15, -0.1) is 0 Å². The van der Waals surface area contributed by atoms with Gasteiger partial charge in [-0.3, -0.25) is 10.2 Å². The van der Waals surface area contributed by atoms with Crippen molar-refractivity contribution >= 4 is 33.9 Å². The topological polar surface area (TPSA) is 103 Å². The molecule has 6 heteroatoms. The summed E-state index contributed by atoms with van der Waals surface area (Å²) < 4.78 is 0. The number of hydrazone groups is 1. The van der Waals surface area contributed by atoms with E-state index in [1.165, 1.54) is 12.1 Å². The quantitative estimate of drug-likeness (QED) is 0.417. The number of aromatic carboxylic acids is 1. The van der Waals surface area contributed by atoms with Crippen LogP contribution in [0.15, 0.2) is 71.8 Å². The molecule has 3 rings (SSSR count). The molecule has 2 N–H and O–H groups in total. The predicted octanol–water partition coefficient (Wildman–Crippen LogP) is 3.71. The molecule has 0 unspecified atom stereocenters. The van der Waals surface area contributed by atoms with Crippen molar-refractivity contribution in [1.29, 1.82) is 5.26 Å². The highest BCUT2D eigenvalue weighted by molar-refractivity contribution is 6.51. The number of rotatable bonds is 5. The largest absolute Gasteiger partial charge is 0.478 e. The van der Waals surface area contributed by atoms with Gasteiger partial charge >= 0.3 is 5.97 Å². The van der Waals surface area contributed by atoms with Crippen molar-refractivity contribution in [2.45, 2.75) is 0 Å². The van der Waals surface area contributed by atoms with E-state index in [4.69, 9.17) is 5.11 Å². The maximum Gasteiger partial charge on any atom is 0.337 e. The fraction of sp³-hybridized carbons (Fsp3) is 0. The standard InChI is InChI=1S/C20H13N3O3/c21-12-18(23-22-17-8-4-3-7-16(17)20(25)26)19(24)15-10-9-13-5-1-2-6-14(13)11-15/h1-11,22H,(H,25,26)/b23-18-. The van der Waals surface area contributed by atoms with Crippen LogP contribution in [0.5, 0.6) is 0 Å². The second-order valence-electron chi connectivity index (χ2n) is 5.43. The lowest BCUT2D eigenvalue weighted by molar-refractivity contribution is 0.0697. The van der Waals surface area contributed by atoms with Crippen LogP contribution in [0.3, 0.4) is 0 Å². The van der Waals surface area contributed by atoms with Crippen molar-refractivity contribution in [3.63, 3.8) is 0 Å². The van der Waals surface area contributed by atoms with Gasteiger partial charge in [0.1, 0.15) is 6.07 Å². The average Bonchev–Trinajstić information content (AvgIpc) is 2.68. The monoisotopic (exact) mass is 343 g/mol. The number of ketones is 1. The Bertz CT molecular complexity index is 1080. The molecule has 0 aromatic heterocycles. The number of Topliss-reactive ketones (excluding diaryl/α,β-unsaturated/α-hetero) is 1. The van der Waals surface area contributed by atoms with E-state index in [0.717, 1.165) is 10.8 Å². The van der Waals surface area contributed by atoms with Crippen LogP contribution in [0.4, 0.5) is 5.69 Å². The number of fused-ring (bicyclic) bond motifs is 1. The SMILES string of the molecule is N#C/C(=N/Nc1ccccc1C(=O)O)C(=O)c1ccc2ccccc2c1. The first-order chi connectivity index (χ1) is 12.6. The predicted molar refractivity (Wildman–Crippen MR) is 98.4 cm³/mol. The van der Waals surface area contributed by atoms with Gasteiger partial charge in [-0.1, -0.05) is 48.5 Å². The van der Waals surface area contributed by atoms with Crippen molar-refractivity contribution in [1.82, 2.24) is 0 Å². The van der Waals surface area contributed by atoms with E-state index in [1.807, 2.05) is 24.3 Å². The summed E-state index contributed by atoms with van der Waals surface area (Å²) in [5, 5.41) is 24.1. The fourth-order valence-corrected chi connectivity index (χ4v) is 2.48. The highest BCUT2D eigenvalue weighted by Gasteiger charge is 2.15. The van der Waals surface area contributed by atoms with Gasteiger partial charge in [-0.05, 0) is 29.0 Å². The third-order valence-corrected chi connectivity index (χ3v) is 3.78. The zero-order valence-corrected chi connectivity index (χ0v) is 13.5. The molecule has 0 atom stereocenters. The minimum absolute atomic E-state index is 0.00769. The zero-order valence-electron chi connectivity index (χ0n) is 13.5. The molecule has 0 aliphatic heterocycles. The minimum atomic E-state index is -1.14. The molecule has 0 fully saturated rings. The molecule has 3 aromatic carbocycles. The van der Waals surface area contributed by atoms with Gasteiger partial charge in [0.05, 0.1) is 11.3 Å². The lowest BCUT2D eigenvalue weighted by atomic mass is 10.0. The zero-order chi connectivity index (χ0) is 18.5. The number of anilines is 1. The Morgan fingerprint density at radius 3 is 2.38 bits per heavy atom. The molecule has 0 spiro atoms. The summed E-state index contributed by atoms with van der Waals surface area (Å²) in [6.07, 6.45) is 0. The van der Waals surface area contributed by atoms with E-state index >= 15 is 0 Å². The maximum absolute atomic E-state index is 12.6. The smallest absolute Gasteiger partial charge is 0.337 e. The number of carboxylic acid groups (broad SMARTS) is 1. The van der Waals surface area contributed by atoms with Crippen LogP contribution in [0, 0.1) is 11.3 Å². The number of benzene rings is 3. The van der Waals surface area contributed by atoms with E-state index in [0.29, 0.717) is 5.56 Å². The van der Waals surface area contributed by atoms with E-state index in [2.05, 4.69) is 10.5 Å². The second kappa shape index (κ2) is 7.28. The second-order valence-corrected chi connectivity index (χ2v) is 5.43. The van der Waals surface area contributed by atoms with Gasteiger partial charge in [-0.2, -0.15) is 10.4 Å². The summed E-state index contributed by atoms with van der Waals surface area (Å²) >= 11 is 0. The van der Waals surface area contributed by atoms with Crippen LogP contribution in [0.25, 0.3) is 10.8 Å². The molecule has 126 valence electrons. The third-order valence-electron chi connectivity index (χ3n) is 3.78. The molecule has 6 nitrogen and oxygen atoms in total. The van der Waals surface area contributed by atoms with Crippen molar-refractivity contribution < 1.29 is 14.7 Å². The molecule has 0 amide bonds. The molecular weight excluding hydrogens is 330 g/mol. The van der Waals surface area contributed by atoms with Crippen LogP contribution in [0.2, 0.25) is 0 Å². The number of carbonyl (C=O) groups is 2. The Hall–Kier alpha value is -3.98. The summed E-state index contributed by atoms with van der Waals surface area (Å²) in [6.45, 7) is 0. The number of nitrogens with zero attached hydrogens (tertiary/aromatic N) is 2. The molecule has 0 aliphatic carbocycles. The van der Waals surface area contributed by atoms with Crippen molar-refractivity contribution in [2.75, 3.05) is 5.43 Å². The van der Waals surface area contributed by atoms with Crippen molar-refractivity contribution in [3.05, 3.63) is 77.9 Å². The molecule has 26 heavy (non-hydrogen) atoms. The molecule has 0 aliphatic rings. The lowest BCUT2D eigenvalue weighted by Crippen LogP contribution is -2.14. The molecule has 0 radical (unpaired) electrons. The highest BCUT2D eigenvalue weighted by atomic mass is 16.4. The Kier molecular flexibility index (Phi) is 4.72. The van der Waals surface area contributed by atoms with Gasteiger partial charge in [0.15, 0.2) is 0 Å². The minimum Gasteiger partial charge on any atom is -0.478 e. The molecular formula is C20H13N3O3. The molecule has 3 aromatic rings. The third kappa shape index (κ3) is 3.42. The normalized spacial score (nSPS) is 11.0. The fourth-order valence-electron chi connectivity index (χ4n) is 2.48. The van der Waals surface area contributed by atoms with Gasteiger partial charge < -0.3 is 5.11 Å². The van der Waals surface area contributed by atoms with Crippen LogP contribution in [-0.4, -0.2) is 22.6 Å². The average molecular weight is 343 g/mol. The number of nitrogens with one attached hydrogen (secondary N) is 1. The first-order valence-electron chi connectivity index (χ1n) is 7.70. The number of nitriles is 1. The highest BCUT2D eigenvalue weighted by Crippen LogP contribution is 2.17. The Labute approximate surface area is 149 Å². The number of hydrogen-bond acceptors (Lipinski definition) is 5. The van der Waals surface area contributed by atoms with E-state index < -0.39 is 11.8 Å². The van der Waals surface area contributed by atoms with Gasteiger partial charge in [0.2, 0.25) is 11.5 Å². The summed E-state index contributed by atoms with van der Waals surface area (Å²) in [4.78, 5) is 23.7. The summed E-state index contributed by atoms with van der Waals surface area (Å²) in [7, 11) is 0. The molecule has 0 saturated carbocycles. The number of carboxylic acids is 1. The van der Waals surface area contributed by atoms with Crippen LogP contribution < -0.4 is 5.43 Å².